The van der Waals surface area contributed by atoms with Crippen LogP contribution in [0, 0.1) is 0 Å². The van der Waals surface area contributed by atoms with E-state index in [0.29, 0.717) is 35.7 Å². The van der Waals surface area contributed by atoms with Gasteiger partial charge in [0.25, 0.3) is 0 Å². The van der Waals surface area contributed by atoms with Crippen molar-refractivity contribution in [3.63, 3.8) is 0 Å². The van der Waals surface area contributed by atoms with Crippen LogP contribution in [0.25, 0.3) is 11.0 Å². The topological polar surface area (TPSA) is 81.3 Å². The molecule has 2 aromatic rings. The van der Waals surface area contributed by atoms with Crippen molar-refractivity contribution in [2.75, 3.05) is 19.5 Å². The molecule has 0 atom stereocenters. The van der Waals surface area contributed by atoms with E-state index in [0.717, 1.165) is 6.26 Å². The summed E-state index contributed by atoms with van der Waals surface area (Å²) in [5.41, 5.74) is 1.14. The lowest BCUT2D eigenvalue weighted by Gasteiger charge is -2.10. The first-order chi connectivity index (χ1) is 8.95. The number of benzene rings is 1. The number of nitrogens with zero attached hydrogens (tertiary/aromatic N) is 1. The van der Waals surface area contributed by atoms with Crippen LogP contribution in [0.2, 0.25) is 0 Å². The van der Waals surface area contributed by atoms with E-state index in [4.69, 9.17) is 9.47 Å². The van der Waals surface area contributed by atoms with Crippen molar-refractivity contribution < 1.29 is 17.9 Å². The molecule has 0 amide bonds. The first kappa shape index (κ1) is 13.7. The molecule has 19 heavy (non-hydrogen) atoms. The zero-order valence-electron chi connectivity index (χ0n) is 11.1. The van der Waals surface area contributed by atoms with Crippen molar-refractivity contribution in [3.8, 4) is 11.5 Å². The number of hydrogen-bond donors (Lipinski definition) is 1. The van der Waals surface area contributed by atoms with Gasteiger partial charge in [-0.2, -0.15) is 0 Å². The minimum absolute atomic E-state index is 0.0569. The number of hydrogen-bond acceptors (Lipinski definition) is 5. The van der Waals surface area contributed by atoms with Gasteiger partial charge in [-0.3, -0.25) is 0 Å². The number of H-pyrrole nitrogens is 1. The van der Waals surface area contributed by atoms with E-state index < -0.39 is 9.84 Å². The third-order valence-corrected chi connectivity index (χ3v) is 3.37. The van der Waals surface area contributed by atoms with E-state index in [9.17, 15) is 8.42 Å². The Balaban J connectivity index is 2.59. The summed E-state index contributed by atoms with van der Waals surface area (Å²) in [6.45, 7) is 4.73. The molecule has 7 heteroatoms. The van der Waals surface area contributed by atoms with E-state index in [1.807, 2.05) is 13.8 Å². The van der Waals surface area contributed by atoms with Crippen LogP contribution in [0.15, 0.2) is 17.3 Å². The minimum Gasteiger partial charge on any atom is -0.490 e. The molecule has 0 aliphatic carbocycles. The molecular formula is C12H16N2O4S. The van der Waals surface area contributed by atoms with Gasteiger partial charge in [0.1, 0.15) is 0 Å². The zero-order chi connectivity index (χ0) is 14.0. The molecular weight excluding hydrogens is 268 g/mol. The minimum atomic E-state index is -3.36. The molecule has 6 nitrogen and oxygen atoms in total. The summed E-state index contributed by atoms with van der Waals surface area (Å²) in [6.07, 6.45) is 1.11. The second-order valence-corrected chi connectivity index (χ2v) is 5.93. The van der Waals surface area contributed by atoms with E-state index in [2.05, 4.69) is 9.97 Å². The lowest BCUT2D eigenvalue weighted by atomic mass is 10.2. The fraction of sp³-hybridized carbons (Fsp3) is 0.417. The number of ether oxygens (including phenoxy) is 2. The van der Waals surface area contributed by atoms with Crippen molar-refractivity contribution in [2.45, 2.75) is 19.0 Å². The molecule has 0 saturated heterocycles. The van der Waals surface area contributed by atoms with Crippen molar-refractivity contribution in [3.05, 3.63) is 12.1 Å². The highest BCUT2D eigenvalue weighted by atomic mass is 32.2. The van der Waals surface area contributed by atoms with Crippen molar-refractivity contribution in [1.82, 2.24) is 9.97 Å². The van der Waals surface area contributed by atoms with Crippen molar-refractivity contribution >= 4 is 20.9 Å². The molecule has 1 N–H and O–H groups in total. The molecule has 0 unspecified atom stereocenters. The van der Waals surface area contributed by atoms with Gasteiger partial charge in [-0.25, -0.2) is 13.4 Å². The van der Waals surface area contributed by atoms with Gasteiger partial charge >= 0.3 is 0 Å². The summed E-state index contributed by atoms with van der Waals surface area (Å²) < 4.78 is 33.9. The third-order valence-electron chi connectivity index (χ3n) is 2.48. The van der Waals surface area contributed by atoms with Gasteiger partial charge < -0.3 is 14.5 Å². The molecule has 1 heterocycles. The Kier molecular flexibility index (Phi) is 3.66. The predicted molar refractivity (Wildman–Crippen MR) is 71.5 cm³/mol. The Morgan fingerprint density at radius 3 is 2.26 bits per heavy atom. The van der Waals surface area contributed by atoms with Gasteiger partial charge in [0, 0.05) is 18.4 Å². The molecule has 104 valence electrons. The van der Waals surface area contributed by atoms with Crippen molar-refractivity contribution in [1.29, 1.82) is 0 Å². The normalized spacial score (nSPS) is 11.7. The molecule has 1 aromatic carbocycles. The second-order valence-electron chi connectivity index (χ2n) is 4.00. The van der Waals surface area contributed by atoms with Crippen LogP contribution < -0.4 is 9.47 Å². The Morgan fingerprint density at radius 1 is 1.16 bits per heavy atom. The molecule has 0 bridgehead atoms. The first-order valence-electron chi connectivity index (χ1n) is 5.95. The molecule has 0 aliphatic heterocycles. The van der Waals surface area contributed by atoms with E-state index in [-0.39, 0.29) is 5.16 Å². The highest BCUT2D eigenvalue weighted by Gasteiger charge is 2.16. The number of sulfone groups is 1. The number of aromatic nitrogens is 2. The largest absolute Gasteiger partial charge is 0.490 e. The average molecular weight is 284 g/mol. The molecule has 2 rings (SSSR count). The fourth-order valence-electron chi connectivity index (χ4n) is 1.71. The highest BCUT2D eigenvalue weighted by molar-refractivity contribution is 7.90. The Bertz CT molecular complexity index is 648. The number of nitrogens with one attached hydrogen (secondary N) is 1. The SMILES string of the molecule is CCOc1cc2nc(S(C)(=O)=O)[nH]c2cc1OCC. The van der Waals surface area contributed by atoms with Gasteiger partial charge in [0.05, 0.1) is 24.2 Å². The standard InChI is InChI=1S/C12H16N2O4S/c1-4-17-10-6-8-9(7-11(10)18-5-2)14-12(13-8)19(3,15)16/h6-7H,4-5H2,1-3H3,(H,13,14). The van der Waals surface area contributed by atoms with Gasteiger partial charge in [-0.15, -0.1) is 0 Å². The Labute approximate surface area is 111 Å². The summed E-state index contributed by atoms with van der Waals surface area (Å²) in [5, 5.41) is -0.0569. The Hall–Kier alpha value is -1.76. The van der Waals surface area contributed by atoms with Crippen LogP contribution in [-0.4, -0.2) is 37.9 Å². The van der Waals surface area contributed by atoms with Gasteiger partial charge in [0.2, 0.25) is 15.0 Å². The quantitative estimate of drug-likeness (QED) is 0.904. The van der Waals surface area contributed by atoms with E-state index >= 15 is 0 Å². The first-order valence-corrected chi connectivity index (χ1v) is 7.84. The maximum Gasteiger partial charge on any atom is 0.225 e. The monoisotopic (exact) mass is 284 g/mol. The van der Waals surface area contributed by atoms with Gasteiger partial charge in [0.15, 0.2) is 11.5 Å². The highest BCUT2D eigenvalue weighted by Crippen LogP contribution is 2.32. The Morgan fingerprint density at radius 2 is 1.74 bits per heavy atom. The number of rotatable bonds is 5. The molecule has 0 radical (unpaired) electrons. The molecule has 1 aromatic heterocycles. The summed E-state index contributed by atoms with van der Waals surface area (Å²) in [7, 11) is -3.36. The fourth-order valence-corrected chi connectivity index (χ4v) is 2.27. The lowest BCUT2D eigenvalue weighted by molar-refractivity contribution is 0.288. The van der Waals surface area contributed by atoms with Gasteiger partial charge in [-0.05, 0) is 13.8 Å². The van der Waals surface area contributed by atoms with E-state index in [1.54, 1.807) is 12.1 Å². The molecule has 0 spiro atoms. The van der Waals surface area contributed by atoms with E-state index in [1.165, 1.54) is 0 Å². The maximum absolute atomic E-state index is 11.5. The summed E-state index contributed by atoms with van der Waals surface area (Å²) in [4.78, 5) is 6.82. The number of imidazole rings is 1. The second kappa shape index (κ2) is 5.08. The maximum atomic E-state index is 11.5. The smallest absolute Gasteiger partial charge is 0.225 e. The van der Waals surface area contributed by atoms with Crippen LogP contribution in [0.1, 0.15) is 13.8 Å². The van der Waals surface area contributed by atoms with Crippen LogP contribution in [0.4, 0.5) is 0 Å². The third kappa shape index (κ3) is 2.81. The summed E-state index contributed by atoms with van der Waals surface area (Å²) in [5.74, 6) is 1.13. The molecule has 0 fully saturated rings. The number of fused-ring (bicyclic) bond motifs is 1. The van der Waals surface area contributed by atoms with Crippen LogP contribution >= 0.6 is 0 Å². The van der Waals surface area contributed by atoms with Crippen molar-refractivity contribution in [2.24, 2.45) is 0 Å². The summed E-state index contributed by atoms with van der Waals surface area (Å²) >= 11 is 0. The van der Waals surface area contributed by atoms with Crippen LogP contribution in [0.3, 0.4) is 0 Å². The number of aromatic amines is 1. The van der Waals surface area contributed by atoms with Crippen LogP contribution in [0.5, 0.6) is 11.5 Å². The van der Waals surface area contributed by atoms with Crippen LogP contribution in [-0.2, 0) is 9.84 Å². The predicted octanol–water partition coefficient (Wildman–Crippen LogP) is 1.76. The summed E-state index contributed by atoms with van der Waals surface area (Å²) in [6, 6.07) is 3.38. The molecule has 0 saturated carbocycles. The molecule has 0 aliphatic rings. The zero-order valence-corrected chi connectivity index (χ0v) is 11.9. The van der Waals surface area contributed by atoms with Gasteiger partial charge in [-0.1, -0.05) is 0 Å². The average Bonchev–Trinajstić information content (AvgIpc) is 2.72. The lowest BCUT2D eigenvalue weighted by Crippen LogP contribution is -1.98.